The van der Waals surface area contributed by atoms with Gasteiger partial charge in [0.25, 0.3) is 0 Å². The summed E-state index contributed by atoms with van der Waals surface area (Å²) in [4.78, 5) is 21.6. The maximum atomic E-state index is 10.8. The van der Waals surface area contributed by atoms with Gasteiger partial charge in [0.05, 0.1) is 13.0 Å². The summed E-state index contributed by atoms with van der Waals surface area (Å²) in [5.74, 6) is -0.512. The number of methoxy groups -OCH3 is 1. The zero-order chi connectivity index (χ0) is 8.85. The van der Waals surface area contributed by atoms with Gasteiger partial charge in [0.15, 0.2) is 0 Å². The van der Waals surface area contributed by atoms with Gasteiger partial charge in [-0.25, -0.2) is 0 Å². The minimum absolute atomic E-state index is 0.0999. The molecule has 0 rings (SSSR count). The number of hydrogen-bond donors (Lipinski definition) is 0. The van der Waals surface area contributed by atoms with Crippen LogP contribution in [0.2, 0.25) is 0 Å². The summed E-state index contributed by atoms with van der Waals surface area (Å²) in [5, 5.41) is 0. The molecule has 0 aromatic carbocycles. The lowest BCUT2D eigenvalue weighted by Gasteiger charge is -2.05. The fourth-order valence-electron chi connectivity index (χ4n) is 0.770. The molecule has 0 unspecified atom stereocenters. The molecule has 0 radical (unpaired) electrons. The lowest BCUT2D eigenvalue weighted by molar-refractivity contribution is -0.146. The number of Topliss-reactive ketones (excluding diaryl/α,β-unsaturated/α-hetero) is 1. The van der Waals surface area contributed by atoms with E-state index < -0.39 is 0 Å². The Hall–Kier alpha value is -0.860. The molecule has 0 amide bonds. The smallest absolute Gasteiger partial charge is 0.308 e. The van der Waals surface area contributed by atoms with Crippen LogP contribution in [0.25, 0.3) is 0 Å². The van der Waals surface area contributed by atoms with Crippen molar-refractivity contribution in [1.82, 2.24) is 0 Å². The molecule has 0 aromatic rings. The molecule has 0 saturated heterocycles. The molecular weight excluding hydrogens is 144 g/mol. The highest BCUT2D eigenvalue weighted by Gasteiger charge is 2.15. The van der Waals surface area contributed by atoms with E-state index in [1.807, 2.05) is 0 Å². The highest BCUT2D eigenvalue weighted by molar-refractivity contribution is 5.83. The van der Waals surface area contributed by atoms with Crippen molar-refractivity contribution in [3.05, 3.63) is 0 Å². The third-order valence-corrected chi connectivity index (χ3v) is 1.53. The summed E-state index contributed by atoms with van der Waals surface area (Å²) >= 11 is 0. The molecule has 3 heteroatoms. The van der Waals surface area contributed by atoms with Gasteiger partial charge in [-0.2, -0.15) is 0 Å². The quantitative estimate of drug-likeness (QED) is 0.577. The Labute approximate surface area is 66.7 Å². The van der Waals surface area contributed by atoms with Crippen LogP contribution in [0.15, 0.2) is 0 Å². The van der Waals surface area contributed by atoms with E-state index in [0.29, 0.717) is 12.8 Å². The maximum absolute atomic E-state index is 10.8. The van der Waals surface area contributed by atoms with Crippen molar-refractivity contribution in [3.8, 4) is 0 Å². The van der Waals surface area contributed by atoms with E-state index in [9.17, 15) is 9.59 Å². The topological polar surface area (TPSA) is 43.4 Å². The largest absolute Gasteiger partial charge is 0.469 e. The Bertz CT molecular complexity index is 151. The summed E-state index contributed by atoms with van der Waals surface area (Å²) in [6, 6.07) is 0. The normalized spacial score (nSPS) is 12.3. The molecule has 0 heterocycles. The predicted octanol–water partition coefficient (Wildman–Crippen LogP) is 1.16. The molecule has 0 bridgehead atoms. The summed E-state index contributed by atoms with van der Waals surface area (Å²) in [5.41, 5.74) is 0. The Morgan fingerprint density at radius 2 is 2.00 bits per heavy atom. The summed E-state index contributed by atoms with van der Waals surface area (Å²) in [6.45, 7) is 3.48. The van der Waals surface area contributed by atoms with Crippen LogP contribution >= 0.6 is 0 Å². The van der Waals surface area contributed by atoms with Crippen LogP contribution in [0, 0.1) is 5.92 Å². The first-order chi connectivity index (χ1) is 5.11. The van der Waals surface area contributed by atoms with Crippen molar-refractivity contribution < 1.29 is 14.3 Å². The van der Waals surface area contributed by atoms with Gasteiger partial charge in [0, 0.05) is 12.8 Å². The summed E-state index contributed by atoms with van der Waals surface area (Å²) < 4.78 is 4.47. The van der Waals surface area contributed by atoms with Gasteiger partial charge in [-0.3, -0.25) is 9.59 Å². The molecule has 11 heavy (non-hydrogen) atoms. The third-order valence-electron chi connectivity index (χ3n) is 1.53. The number of carbonyl (C=O) groups excluding carboxylic acids is 2. The average molecular weight is 158 g/mol. The number of hydrogen-bond acceptors (Lipinski definition) is 3. The molecule has 0 aliphatic heterocycles. The first-order valence-electron chi connectivity index (χ1n) is 3.71. The maximum Gasteiger partial charge on any atom is 0.308 e. The fraction of sp³-hybridized carbons (Fsp3) is 0.750. The molecule has 0 spiro atoms. The van der Waals surface area contributed by atoms with E-state index in [0.717, 1.165) is 0 Å². The number of esters is 1. The van der Waals surface area contributed by atoms with Gasteiger partial charge in [0.2, 0.25) is 0 Å². The van der Waals surface area contributed by atoms with Crippen LogP contribution in [0.5, 0.6) is 0 Å². The zero-order valence-corrected chi connectivity index (χ0v) is 7.22. The van der Waals surface area contributed by atoms with Crippen LogP contribution in [-0.2, 0) is 14.3 Å². The van der Waals surface area contributed by atoms with Gasteiger partial charge < -0.3 is 4.74 Å². The van der Waals surface area contributed by atoms with Gasteiger partial charge in [-0.1, -0.05) is 13.8 Å². The monoisotopic (exact) mass is 158 g/mol. The standard InChI is InChI=1S/C8H14O3/c1-4-7(9)5-6(2)8(10)11-3/h6H,4-5H2,1-3H3/t6-/m0/s1. The molecule has 1 atom stereocenters. The Morgan fingerprint density at radius 1 is 1.45 bits per heavy atom. The Kier molecular flexibility index (Phi) is 4.50. The molecule has 0 N–H and O–H groups in total. The van der Waals surface area contributed by atoms with E-state index in [-0.39, 0.29) is 17.7 Å². The van der Waals surface area contributed by atoms with E-state index in [2.05, 4.69) is 4.74 Å². The van der Waals surface area contributed by atoms with E-state index in [1.54, 1.807) is 13.8 Å². The second-order valence-corrected chi connectivity index (χ2v) is 2.52. The first-order valence-corrected chi connectivity index (χ1v) is 3.71. The Morgan fingerprint density at radius 3 is 2.36 bits per heavy atom. The minimum Gasteiger partial charge on any atom is -0.469 e. The van der Waals surface area contributed by atoms with Crippen LogP contribution in [-0.4, -0.2) is 18.9 Å². The lowest BCUT2D eigenvalue weighted by Crippen LogP contribution is -2.16. The second-order valence-electron chi connectivity index (χ2n) is 2.52. The molecule has 0 aromatic heterocycles. The number of ketones is 1. The summed E-state index contributed by atoms with van der Waals surface area (Å²) in [6.07, 6.45) is 0.782. The first kappa shape index (κ1) is 10.1. The van der Waals surface area contributed by atoms with Crippen molar-refractivity contribution in [2.75, 3.05) is 7.11 Å². The predicted molar refractivity (Wildman–Crippen MR) is 41.1 cm³/mol. The SMILES string of the molecule is CCC(=O)C[C@H](C)C(=O)OC. The van der Waals surface area contributed by atoms with E-state index in [4.69, 9.17) is 0 Å². The third kappa shape index (κ3) is 3.75. The second kappa shape index (κ2) is 4.88. The zero-order valence-electron chi connectivity index (χ0n) is 7.22. The number of rotatable bonds is 4. The molecule has 64 valence electrons. The van der Waals surface area contributed by atoms with Gasteiger partial charge >= 0.3 is 5.97 Å². The van der Waals surface area contributed by atoms with Crippen molar-refractivity contribution in [2.45, 2.75) is 26.7 Å². The van der Waals surface area contributed by atoms with Crippen molar-refractivity contribution in [1.29, 1.82) is 0 Å². The minimum atomic E-state index is -0.313. The number of ether oxygens (including phenoxy) is 1. The van der Waals surface area contributed by atoms with Gasteiger partial charge in [0.1, 0.15) is 5.78 Å². The van der Waals surface area contributed by atoms with Crippen LogP contribution in [0.4, 0.5) is 0 Å². The molecular formula is C8H14O3. The molecule has 0 aliphatic rings. The number of carbonyl (C=O) groups is 2. The van der Waals surface area contributed by atoms with Gasteiger partial charge in [-0.05, 0) is 0 Å². The molecule has 3 nitrogen and oxygen atoms in total. The van der Waals surface area contributed by atoms with Crippen molar-refractivity contribution >= 4 is 11.8 Å². The molecule has 0 fully saturated rings. The fourth-order valence-corrected chi connectivity index (χ4v) is 0.770. The average Bonchev–Trinajstić information content (AvgIpc) is 2.02. The molecule has 0 aliphatic carbocycles. The highest BCUT2D eigenvalue weighted by atomic mass is 16.5. The van der Waals surface area contributed by atoms with Crippen molar-refractivity contribution in [3.63, 3.8) is 0 Å². The molecule has 0 saturated carbocycles. The lowest BCUT2D eigenvalue weighted by atomic mass is 10.0. The Balaban J connectivity index is 3.77. The van der Waals surface area contributed by atoms with Crippen LogP contribution in [0.1, 0.15) is 26.7 Å². The van der Waals surface area contributed by atoms with Crippen LogP contribution in [0.3, 0.4) is 0 Å². The van der Waals surface area contributed by atoms with E-state index in [1.165, 1.54) is 7.11 Å². The highest BCUT2D eigenvalue weighted by Crippen LogP contribution is 2.05. The summed E-state index contributed by atoms with van der Waals surface area (Å²) in [7, 11) is 1.33. The van der Waals surface area contributed by atoms with Gasteiger partial charge in [-0.15, -0.1) is 0 Å². The van der Waals surface area contributed by atoms with E-state index >= 15 is 0 Å². The van der Waals surface area contributed by atoms with Crippen molar-refractivity contribution in [2.24, 2.45) is 5.92 Å². The van der Waals surface area contributed by atoms with Crippen LogP contribution < -0.4 is 0 Å².